The van der Waals surface area contributed by atoms with Crippen molar-refractivity contribution in [1.82, 2.24) is 0 Å². The van der Waals surface area contributed by atoms with E-state index < -0.39 is 5.97 Å². The minimum absolute atomic E-state index is 0.116. The zero-order chi connectivity index (χ0) is 10.3. The van der Waals surface area contributed by atoms with Crippen LogP contribution in [0.1, 0.15) is 52.9 Å². The SMILES string of the molecule is CCCCC(CC(C)CC)C(=O)O. The Morgan fingerprint density at radius 3 is 2.38 bits per heavy atom. The molecule has 0 aliphatic carbocycles. The highest BCUT2D eigenvalue weighted by Gasteiger charge is 2.18. The summed E-state index contributed by atoms with van der Waals surface area (Å²) >= 11 is 0. The van der Waals surface area contributed by atoms with Gasteiger partial charge in [0.15, 0.2) is 0 Å². The molecule has 0 saturated carbocycles. The van der Waals surface area contributed by atoms with Crippen molar-refractivity contribution in [3.05, 3.63) is 0 Å². The second-order valence-electron chi connectivity index (χ2n) is 3.93. The lowest BCUT2D eigenvalue weighted by atomic mass is 9.90. The first-order chi connectivity index (χ1) is 6.11. The second kappa shape index (κ2) is 6.93. The van der Waals surface area contributed by atoms with E-state index in [-0.39, 0.29) is 5.92 Å². The van der Waals surface area contributed by atoms with Gasteiger partial charge in [-0.15, -0.1) is 0 Å². The van der Waals surface area contributed by atoms with Crippen molar-refractivity contribution >= 4 is 5.97 Å². The molecule has 2 unspecified atom stereocenters. The summed E-state index contributed by atoms with van der Waals surface area (Å²) in [5, 5.41) is 8.94. The number of carboxylic acid groups (broad SMARTS) is 1. The molecule has 78 valence electrons. The molecule has 0 fully saturated rings. The van der Waals surface area contributed by atoms with Gasteiger partial charge in [-0.25, -0.2) is 0 Å². The predicted octanol–water partition coefficient (Wildman–Crippen LogP) is 3.31. The Balaban J connectivity index is 3.87. The summed E-state index contributed by atoms with van der Waals surface area (Å²) < 4.78 is 0. The Bertz CT molecular complexity index is 143. The summed E-state index contributed by atoms with van der Waals surface area (Å²) in [7, 11) is 0. The Hall–Kier alpha value is -0.530. The van der Waals surface area contributed by atoms with Crippen LogP contribution < -0.4 is 0 Å². The summed E-state index contributed by atoms with van der Waals surface area (Å²) in [5.74, 6) is -0.193. The van der Waals surface area contributed by atoms with Crippen LogP contribution in [0.15, 0.2) is 0 Å². The van der Waals surface area contributed by atoms with Gasteiger partial charge in [0.25, 0.3) is 0 Å². The summed E-state index contributed by atoms with van der Waals surface area (Å²) in [6, 6.07) is 0. The first-order valence-electron chi connectivity index (χ1n) is 5.34. The van der Waals surface area contributed by atoms with Crippen LogP contribution in [-0.2, 0) is 4.79 Å². The maximum atomic E-state index is 10.9. The maximum Gasteiger partial charge on any atom is 0.306 e. The minimum atomic E-state index is -0.617. The topological polar surface area (TPSA) is 37.3 Å². The number of hydrogen-bond donors (Lipinski definition) is 1. The third kappa shape index (κ3) is 5.67. The lowest BCUT2D eigenvalue weighted by Crippen LogP contribution is -2.16. The highest BCUT2D eigenvalue weighted by atomic mass is 16.4. The van der Waals surface area contributed by atoms with Crippen LogP contribution in [0.5, 0.6) is 0 Å². The minimum Gasteiger partial charge on any atom is -0.481 e. The molecule has 2 atom stereocenters. The Morgan fingerprint density at radius 2 is 2.00 bits per heavy atom. The Morgan fingerprint density at radius 1 is 1.38 bits per heavy atom. The van der Waals surface area contributed by atoms with Crippen molar-refractivity contribution in [3.63, 3.8) is 0 Å². The van der Waals surface area contributed by atoms with Gasteiger partial charge in [0.2, 0.25) is 0 Å². The van der Waals surface area contributed by atoms with Gasteiger partial charge in [0.1, 0.15) is 0 Å². The monoisotopic (exact) mass is 186 g/mol. The molecular weight excluding hydrogens is 164 g/mol. The van der Waals surface area contributed by atoms with E-state index in [1.807, 2.05) is 0 Å². The van der Waals surface area contributed by atoms with Gasteiger partial charge in [0, 0.05) is 0 Å². The first-order valence-corrected chi connectivity index (χ1v) is 5.34. The molecule has 0 heterocycles. The van der Waals surface area contributed by atoms with Crippen molar-refractivity contribution in [2.45, 2.75) is 52.9 Å². The first kappa shape index (κ1) is 12.5. The molecule has 0 aromatic rings. The van der Waals surface area contributed by atoms with Gasteiger partial charge in [-0.2, -0.15) is 0 Å². The smallest absolute Gasteiger partial charge is 0.306 e. The van der Waals surface area contributed by atoms with Gasteiger partial charge >= 0.3 is 5.97 Å². The lowest BCUT2D eigenvalue weighted by molar-refractivity contribution is -0.142. The molecule has 0 rings (SSSR count). The summed E-state index contributed by atoms with van der Waals surface area (Å²) in [6.07, 6.45) is 4.88. The van der Waals surface area contributed by atoms with Crippen LogP contribution in [0.4, 0.5) is 0 Å². The number of hydrogen-bond acceptors (Lipinski definition) is 1. The van der Waals surface area contributed by atoms with Gasteiger partial charge in [-0.3, -0.25) is 4.79 Å². The standard InChI is InChI=1S/C11H22O2/c1-4-6-7-10(11(12)13)8-9(3)5-2/h9-10H,4-8H2,1-3H3,(H,12,13). The molecule has 2 heteroatoms. The van der Waals surface area contributed by atoms with E-state index in [2.05, 4.69) is 20.8 Å². The zero-order valence-electron chi connectivity index (χ0n) is 9.05. The van der Waals surface area contributed by atoms with E-state index >= 15 is 0 Å². The van der Waals surface area contributed by atoms with Crippen molar-refractivity contribution < 1.29 is 9.90 Å². The molecule has 0 aliphatic rings. The molecule has 0 saturated heterocycles. The molecule has 0 amide bonds. The van der Waals surface area contributed by atoms with Crippen molar-refractivity contribution in [2.24, 2.45) is 11.8 Å². The lowest BCUT2D eigenvalue weighted by Gasteiger charge is -2.15. The van der Waals surface area contributed by atoms with E-state index in [0.717, 1.165) is 32.1 Å². The summed E-state index contributed by atoms with van der Waals surface area (Å²) in [4.78, 5) is 10.9. The van der Waals surface area contributed by atoms with Crippen LogP contribution in [0, 0.1) is 11.8 Å². The molecule has 0 bridgehead atoms. The Labute approximate surface area is 81.3 Å². The number of aliphatic carboxylic acids is 1. The quantitative estimate of drug-likeness (QED) is 0.662. The highest BCUT2D eigenvalue weighted by molar-refractivity contribution is 5.69. The molecule has 0 radical (unpaired) electrons. The zero-order valence-corrected chi connectivity index (χ0v) is 9.05. The molecule has 13 heavy (non-hydrogen) atoms. The fourth-order valence-corrected chi connectivity index (χ4v) is 1.45. The normalized spacial score (nSPS) is 15.3. The third-order valence-electron chi connectivity index (χ3n) is 2.64. The molecule has 0 aromatic carbocycles. The van der Waals surface area contributed by atoms with Crippen LogP contribution in [0.3, 0.4) is 0 Å². The molecular formula is C11H22O2. The van der Waals surface area contributed by atoms with Gasteiger partial charge < -0.3 is 5.11 Å². The molecule has 0 aromatic heterocycles. The number of carboxylic acids is 1. The number of unbranched alkanes of at least 4 members (excludes halogenated alkanes) is 1. The summed E-state index contributed by atoms with van der Waals surface area (Å²) in [5.41, 5.74) is 0. The van der Waals surface area contributed by atoms with Crippen LogP contribution >= 0.6 is 0 Å². The predicted molar refractivity (Wildman–Crippen MR) is 54.7 cm³/mol. The van der Waals surface area contributed by atoms with Crippen LogP contribution in [0.2, 0.25) is 0 Å². The Kier molecular flexibility index (Phi) is 6.65. The van der Waals surface area contributed by atoms with E-state index in [1.54, 1.807) is 0 Å². The van der Waals surface area contributed by atoms with E-state index in [1.165, 1.54) is 0 Å². The average molecular weight is 186 g/mol. The second-order valence-corrected chi connectivity index (χ2v) is 3.93. The molecule has 1 N–H and O–H groups in total. The van der Waals surface area contributed by atoms with Gasteiger partial charge in [-0.1, -0.05) is 40.0 Å². The van der Waals surface area contributed by atoms with Crippen LogP contribution in [-0.4, -0.2) is 11.1 Å². The van der Waals surface area contributed by atoms with Gasteiger partial charge in [-0.05, 0) is 18.8 Å². The largest absolute Gasteiger partial charge is 0.481 e. The van der Waals surface area contributed by atoms with E-state index in [4.69, 9.17) is 5.11 Å². The van der Waals surface area contributed by atoms with Crippen LogP contribution in [0.25, 0.3) is 0 Å². The van der Waals surface area contributed by atoms with Crippen molar-refractivity contribution in [2.75, 3.05) is 0 Å². The van der Waals surface area contributed by atoms with Crippen molar-refractivity contribution in [1.29, 1.82) is 0 Å². The van der Waals surface area contributed by atoms with Crippen molar-refractivity contribution in [3.8, 4) is 0 Å². The highest BCUT2D eigenvalue weighted by Crippen LogP contribution is 2.20. The van der Waals surface area contributed by atoms with E-state index in [9.17, 15) is 4.79 Å². The molecule has 2 nitrogen and oxygen atoms in total. The van der Waals surface area contributed by atoms with E-state index in [0.29, 0.717) is 5.92 Å². The summed E-state index contributed by atoms with van der Waals surface area (Å²) in [6.45, 7) is 6.34. The molecule has 0 aliphatic heterocycles. The third-order valence-corrected chi connectivity index (χ3v) is 2.64. The fourth-order valence-electron chi connectivity index (χ4n) is 1.45. The molecule has 0 spiro atoms. The average Bonchev–Trinajstić information content (AvgIpc) is 2.11. The maximum absolute atomic E-state index is 10.9. The number of rotatable bonds is 7. The van der Waals surface area contributed by atoms with Gasteiger partial charge in [0.05, 0.1) is 5.92 Å². The fraction of sp³-hybridized carbons (Fsp3) is 0.909. The number of carbonyl (C=O) groups is 1.